The summed E-state index contributed by atoms with van der Waals surface area (Å²) in [6.45, 7) is 1.45. The molecule has 0 amide bonds. The van der Waals surface area contributed by atoms with Gasteiger partial charge in [-0.3, -0.25) is 9.56 Å². The minimum absolute atomic E-state index is 0. The molecule has 0 aliphatic rings. The lowest BCUT2D eigenvalue weighted by Gasteiger charge is -2.12. The minimum atomic E-state index is 0. The molecule has 0 fully saturated rings. The van der Waals surface area contributed by atoms with Crippen molar-refractivity contribution in [1.29, 1.82) is 0 Å². The first-order valence-corrected chi connectivity index (χ1v) is 8.74. The Labute approximate surface area is 181 Å². The van der Waals surface area contributed by atoms with E-state index >= 15 is 0 Å². The number of nitrogens with zero attached hydrogens (tertiary/aromatic N) is 4. The molecule has 3 rings (SSSR count). The van der Waals surface area contributed by atoms with E-state index in [9.17, 15) is 0 Å². The molecule has 27 heavy (non-hydrogen) atoms. The zero-order valence-electron chi connectivity index (χ0n) is 15.0. The van der Waals surface area contributed by atoms with Crippen LogP contribution in [0.25, 0.3) is 5.82 Å². The van der Waals surface area contributed by atoms with Gasteiger partial charge in [-0.2, -0.15) is 0 Å². The summed E-state index contributed by atoms with van der Waals surface area (Å²) in [5, 5.41) is 7.39. The molecule has 0 saturated heterocycles. The molecule has 0 atom stereocenters. The van der Waals surface area contributed by atoms with Crippen molar-refractivity contribution in [3.05, 3.63) is 77.5 Å². The maximum atomic E-state index is 5.91. The van der Waals surface area contributed by atoms with Crippen molar-refractivity contribution in [1.82, 2.24) is 25.2 Å². The molecule has 0 bridgehead atoms. The monoisotopic (exact) mass is 496 g/mol. The second kappa shape index (κ2) is 10.9. The lowest BCUT2D eigenvalue weighted by atomic mass is 10.1. The molecule has 0 radical (unpaired) electrons. The van der Waals surface area contributed by atoms with Crippen LogP contribution in [-0.4, -0.2) is 34.1 Å². The minimum Gasteiger partial charge on any atom is -0.356 e. The van der Waals surface area contributed by atoms with E-state index in [1.807, 2.05) is 47.2 Å². The van der Waals surface area contributed by atoms with Gasteiger partial charge in [0.05, 0.1) is 0 Å². The molecule has 142 valence electrons. The van der Waals surface area contributed by atoms with E-state index in [-0.39, 0.29) is 24.0 Å². The fourth-order valence-corrected chi connectivity index (χ4v) is 2.62. The first-order valence-electron chi connectivity index (χ1n) is 8.37. The number of aromatic nitrogens is 3. The quantitative estimate of drug-likeness (QED) is 0.312. The lowest BCUT2D eigenvalue weighted by Crippen LogP contribution is -2.37. The van der Waals surface area contributed by atoms with Crippen molar-refractivity contribution in [3.8, 4) is 5.82 Å². The van der Waals surface area contributed by atoms with Crippen LogP contribution in [0.3, 0.4) is 0 Å². The highest BCUT2D eigenvalue weighted by atomic mass is 127. The standard InChI is InChI=1S/C19H21ClN6.HI/c1-21-19(24-9-6-15-2-4-17(20)5-3-15)25-13-16-7-8-23-18(12-16)26-11-10-22-14-26;/h2-5,7-8,10-12,14H,6,9,13H2,1H3,(H2,21,24,25);1H. The average molecular weight is 497 g/mol. The van der Waals surface area contributed by atoms with Gasteiger partial charge >= 0.3 is 0 Å². The topological polar surface area (TPSA) is 67.1 Å². The lowest BCUT2D eigenvalue weighted by molar-refractivity contribution is 0.793. The molecule has 8 heteroatoms. The predicted molar refractivity (Wildman–Crippen MR) is 120 cm³/mol. The Kier molecular flexibility index (Phi) is 8.53. The number of halogens is 2. The molecule has 2 N–H and O–H groups in total. The Bertz CT molecular complexity index is 849. The van der Waals surface area contributed by atoms with Gasteiger partial charge in [-0.15, -0.1) is 24.0 Å². The van der Waals surface area contributed by atoms with Crippen LogP contribution in [-0.2, 0) is 13.0 Å². The Morgan fingerprint density at radius 2 is 1.93 bits per heavy atom. The molecule has 2 heterocycles. The summed E-state index contributed by atoms with van der Waals surface area (Å²) in [6, 6.07) is 11.9. The number of rotatable bonds is 6. The molecular weight excluding hydrogens is 475 g/mol. The Morgan fingerprint density at radius 1 is 1.11 bits per heavy atom. The normalized spacial score (nSPS) is 11.0. The van der Waals surface area contributed by atoms with Crippen LogP contribution in [0.15, 0.2) is 66.3 Å². The second-order valence-electron chi connectivity index (χ2n) is 5.72. The van der Waals surface area contributed by atoms with E-state index in [1.165, 1.54) is 5.56 Å². The summed E-state index contributed by atoms with van der Waals surface area (Å²) >= 11 is 5.91. The smallest absolute Gasteiger partial charge is 0.191 e. The SMILES string of the molecule is CN=C(NCCc1ccc(Cl)cc1)NCc1ccnc(-n2ccnc2)c1.I. The molecule has 1 aromatic carbocycles. The molecule has 6 nitrogen and oxygen atoms in total. The summed E-state index contributed by atoms with van der Waals surface area (Å²) in [4.78, 5) is 12.7. The van der Waals surface area contributed by atoms with E-state index in [1.54, 1.807) is 25.8 Å². The van der Waals surface area contributed by atoms with E-state index < -0.39 is 0 Å². The molecule has 0 unspecified atom stereocenters. The third kappa shape index (κ3) is 6.51. The number of aliphatic imine (C=N–C) groups is 1. The van der Waals surface area contributed by atoms with Gasteiger partial charge in [-0.1, -0.05) is 23.7 Å². The zero-order chi connectivity index (χ0) is 18.2. The summed E-state index contributed by atoms with van der Waals surface area (Å²) in [5.74, 6) is 1.60. The maximum Gasteiger partial charge on any atom is 0.191 e. The molecular formula is C19H22ClIN6. The van der Waals surface area contributed by atoms with Crippen LogP contribution in [0, 0.1) is 0 Å². The summed E-state index contributed by atoms with van der Waals surface area (Å²) in [7, 11) is 1.76. The third-order valence-electron chi connectivity index (χ3n) is 3.88. The fourth-order valence-electron chi connectivity index (χ4n) is 2.49. The molecule has 2 aromatic heterocycles. The molecule has 3 aromatic rings. The van der Waals surface area contributed by atoms with Crippen molar-refractivity contribution in [2.24, 2.45) is 4.99 Å². The fraction of sp³-hybridized carbons (Fsp3) is 0.211. The largest absolute Gasteiger partial charge is 0.356 e. The van der Waals surface area contributed by atoms with Crippen LogP contribution >= 0.6 is 35.6 Å². The molecule has 0 saturated carbocycles. The number of guanidine groups is 1. The highest BCUT2D eigenvalue weighted by molar-refractivity contribution is 14.0. The van der Waals surface area contributed by atoms with E-state index in [4.69, 9.17) is 11.6 Å². The van der Waals surface area contributed by atoms with Gasteiger partial charge in [0, 0.05) is 43.8 Å². The number of benzene rings is 1. The summed E-state index contributed by atoms with van der Waals surface area (Å²) in [6.07, 6.45) is 8.04. The van der Waals surface area contributed by atoms with Crippen molar-refractivity contribution in [2.45, 2.75) is 13.0 Å². The molecule has 0 spiro atoms. The molecule has 0 aliphatic carbocycles. The Balaban J connectivity index is 0.00000261. The van der Waals surface area contributed by atoms with Crippen molar-refractivity contribution >= 4 is 41.5 Å². The summed E-state index contributed by atoms with van der Waals surface area (Å²) < 4.78 is 1.88. The zero-order valence-corrected chi connectivity index (χ0v) is 18.1. The van der Waals surface area contributed by atoms with Gasteiger partial charge < -0.3 is 10.6 Å². The number of pyridine rings is 1. The van der Waals surface area contributed by atoms with Crippen molar-refractivity contribution < 1.29 is 0 Å². The second-order valence-corrected chi connectivity index (χ2v) is 6.16. The highest BCUT2D eigenvalue weighted by Gasteiger charge is 2.02. The number of imidazole rings is 1. The molecule has 0 aliphatic heterocycles. The first kappa shape index (κ1) is 21.2. The van der Waals surface area contributed by atoms with E-state index in [0.29, 0.717) is 6.54 Å². The van der Waals surface area contributed by atoms with Gasteiger partial charge in [-0.05, 0) is 41.8 Å². The third-order valence-corrected chi connectivity index (χ3v) is 4.13. The number of hydrogen-bond acceptors (Lipinski definition) is 3. The van der Waals surface area contributed by atoms with E-state index in [0.717, 1.165) is 35.3 Å². The van der Waals surface area contributed by atoms with Gasteiger partial charge in [0.15, 0.2) is 5.96 Å². The Morgan fingerprint density at radius 3 is 2.63 bits per heavy atom. The number of hydrogen-bond donors (Lipinski definition) is 2. The maximum absolute atomic E-state index is 5.91. The van der Waals surface area contributed by atoms with Crippen LogP contribution in [0.1, 0.15) is 11.1 Å². The van der Waals surface area contributed by atoms with Crippen LogP contribution < -0.4 is 10.6 Å². The Hall–Kier alpha value is -2.13. The van der Waals surface area contributed by atoms with E-state index in [2.05, 4.69) is 25.6 Å². The van der Waals surface area contributed by atoms with Gasteiger partial charge in [0.2, 0.25) is 0 Å². The van der Waals surface area contributed by atoms with Gasteiger partial charge in [-0.25, -0.2) is 9.97 Å². The van der Waals surface area contributed by atoms with Crippen LogP contribution in [0.5, 0.6) is 0 Å². The van der Waals surface area contributed by atoms with Crippen LogP contribution in [0.4, 0.5) is 0 Å². The van der Waals surface area contributed by atoms with Crippen molar-refractivity contribution in [3.63, 3.8) is 0 Å². The summed E-state index contributed by atoms with van der Waals surface area (Å²) in [5.41, 5.74) is 2.35. The average Bonchev–Trinajstić information content (AvgIpc) is 3.21. The first-order chi connectivity index (χ1) is 12.7. The predicted octanol–water partition coefficient (Wildman–Crippen LogP) is 3.45. The highest BCUT2D eigenvalue weighted by Crippen LogP contribution is 2.09. The van der Waals surface area contributed by atoms with Crippen molar-refractivity contribution in [2.75, 3.05) is 13.6 Å². The van der Waals surface area contributed by atoms with Gasteiger partial charge in [0.25, 0.3) is 0 Å². The van der Waals surface area contributed by atoms with Crippen LogP contribution in [0.2, 0.25) is 5.02 Å². The number of nitrogens with one attached hydrogen (secondary N) is 2. The van der Waals surface area contributed by atoms with Gasteiger partial charge in [0.1, 0.15) is 12.1 Å².